The third-order valence-corrected chi connectivity index (χ3v) is 3.94. The summed E-state index contributed by atoms with van der Waals surface area (Å²) in [7, 11) is -4.47. The van der Waals surface area contributed by atoms with Gasteiger partial charge in [0.25, 0.3) is 5.09 Å². The second-order valence-corrected chi connectivity index (χ2v) is 6.68. The van der Waals surface area contributed by atoms with Gasteiger partial charge in [0.2, 0.25) is 0 Å². The predicted molar refractivity (Wildman–Crippen MR) is 75.5 cm³/mol. The lowest BCUT2D eigenvalue weighted by Gasteiger charge is -2.23. The van der Waals surface area contributed by atoms with Crippen molar-refractivity contribution in [3.05, 3.63) is 23.1 Å². The first-order valence-electron chi connectivity index (χ1n) is 6.55. The first-order chi connectivity index (χ1) is 9.18. The molecule has 114 valence electrons. The van der Waals surface area contributed by atoms with Gasteiger partial charge in [0.1, 0.15) is 0 Å². The lowest BCUT2D eigenvalue weighted by Crippen LogP contribution is -2.33. The van der Waals surface area contributed by atoms with Crippen LogP contribution in [0.1, 0.15) is 52.0 Å². The molecule has 0 saturated carbocycles. The van der Waals surface area contributed by atoms with Crippen molar-refractivity contribution in [3.8, 4) is 0 Å². The van der Waals surface area contributed by atoms with Crippen molar-refractivity contribution in [2.45, 2.75) is 57.1 Å². The van der Waals surface area contributed by atoms with Crippen molar-refractivity contribution in [3.63, 3.8) is 0 Å². The minimum atomic E-state index is -4.47. The lowest BCUT2D eigenvalue weighted by molar-refractivity contribution is -0.537. The van der Waals surface area contributed by atoms with Gasteiger partial charge in [-0.05, 0) is 12.5 Å². The fourth-order valence-corrected chi connectivity index (χ4v) is 2.43. The Hall–Kier alpha value is -1.34. The van der Waals surface area contributed by atoms with Crippen LogP contribution in [-0.2, 0) is 10.1 Å². The molecule has 0 bridgehead atoms. The maximum atomic E-state index is 12.1. The monoisotopic (exact) mass is 303 g/mol. The minimum Gasteiger partial charge on any atom is -0.623 e. The van der Waals surface area contributed by atoms with Crippen molar-refractivity contribution in [2.24, 2.45) is 0 Å². The molecule has 0 spiro atoms. The maximum absolute atomic E-state index is 12.1. The van der Waals surface area contributed by atoms with Crippen LogP contribution < -0.4 is 0 Å². The Balaban J connectivity index is 2.96. The number of hydrogen-bond acceptors (Lipinski definition) is 4. The molecular weight excluding hydrogens is 282 g/mol. The highest BCUT2D eigenvalue weighted by Gasteiger charge is 2.27. The smallest absolute Gasteiger partial charge is 0.329 e. The number of furan rings is 1. The average Bonchev–Trinajstić information content (AvgIpc) is 2.77. The minimum absolute atomic E-state index is 0.0473. The summed E-state index contributed by atoms with van der Waals surface area (Å²) in [6.45, 7) is 5.66. The molecule has 0 aliphatic heterocycles. The number of hydrogen-bond donors (Lipinski definition) is 1. The Morgan fingerprint density at radius 1 is 1.45 bits per heavy atom. The van der Waals surface area contributed by atoms with E-state index in [1.165, 1.54) is 6.07 Å². The van der Waals surface area contributed by atoms with Crippen LogP contribution in [0.4, 0.5) is 0 Å². The Morgan fingerprint density at radius 2 is 2.10 bits per heavy atom. The molecule has 0 aromatic carbocycles. The molecule has 0 aliphatic carbocycles. The third-order valence-electron chi connectivity index (χ3n) is 3.14. The predicted octanol–water partition coefficient (Wildman–Crippen LogP) is 2.81. The highest BCUT2D eigenvalue weighted by Crippen LogP contribution is 2.20. The van der Waals surface area contributed by atoms with Gasteiger partial charge in [0, 0.05) is 20.3 Å². The molecule has 0 fully saturated rings. The van der Waals surface area contributed by atoms with Crippen molar-refractivity contribution in [1.29, 1.82) is 0 Å². The molecule has 0 saturated heterocycles. The first-order valence-corrected chi connectivity index (χ1v) is 7.99. The standard InChI is InChI=1S/C13H21NO5S/c1-4-5-6-8-13(2,3)14(15)10-11-7-9-19-12(11)20(16,17)18/h7,9-10H,4-6,8H2,1-3H3,(H,16,17,18). The van der Waals surface area contributed by atoms with Crippen LogP contribution in [-0.4, -0.2) is 29.5 Å². The molecule has 0 amide bonds. The van der Waals surface area contributed by atoms with Crippen molar-refractivity contribution >= 4 is 16.3 Å². The van der Waals surface area contributed by atoms with E-state index in [1.54, 1.807) is 13.8 Å². The summed E-state index contributed by atoms with van der Waals surface area (Å²) in [6.07, 6.45) is 5.98. The van der Waals surface area contributed by atoms with E-state index >= 15 is 0 Å². The zero-order valence-corrected chi connectivity index (χ0v) is 12.8. The summed E-state index contributed by atoms with van der Waals surface area (Å²) in [4.78, 5) is 0. The average molecular weight is 303 g/mol. The van der Waals surface area contributed by atoms with Gasteiger partial charge in [0.05, 0.1) is 11.8 Å². The number of hydroxylamine groups is 1. The van der Waals surface area contributed by atoms with Gasteiger partial charge < -0.3 is 9.62 Å². The fourth-order valence-electron chi connectivity index (χ4n) is 1.83. The maximum Gasteiger partial charge on any atom is 0.329 e. The van der Waals surface area contributed by atoms with Crippen LogP contribution in [0.3, 0.4) is 0 Å². The second kappa shape index (κ2) is 6.41. The Kier molecular flexibility index (Phi) is 5.35. The third kappa shape index (κ3) is 4.35. The van der Waals surface area contributed by atoms with Crippen LogP contribution in [0.2, 0.25) is 0 Å². The molecule has 1 N–H and O–H groups in total. The Morgan fingerprint density at radius 3 is 2.65 bits per heavy atom. The fraction of sp³-hybridized carbons (Fsp3) is 0.615. The van der Waals surface area contributed by atoms with E-state index in [9.17, 15) is 13.6 Å². The zero-order valence-electron chi connectivity index (χ0n) is 12.0. The summed E-state index contributed by atoms with van der Waals surface area (Å²) in [5.41, 5.74) is -0.603. The summed E-state index contributed by atoms with van der Waals surface area (Å²) in [5.74, 6) is 0. The van der Waals surface area contributed by atoms with E-state index < -0.39 is 20.7 Å². The largest absolute Gasteiger partial charge is 0.623 e. The van der Waals surface area contributed by atoms with Gasteiger partial charge in [-0.3, -0.25) is 4.55 Å². The molecule has 0 atom stereocenters. The van der Waals surface area contributed by atoms with Crippen LogP contribution in [0.25, 0.3) is 0 Å². The molecule has 1 aromatic heterocycles. The van der Waals surface area contributed by atoms with E-state index in [-0.39, 0.29) is 5.56 Å². The Labute approximate surface area is 119 Å². The number of rotatable bonds is 7. The quantitative estimate of drug-likeness (QED) is 0.209. The molecule has 20 heavy (non-hydrogen) atoms. The van der Waals surface area contributed by atoms with E-state index in [2.05, 4.69) is 6.92 Å². The lowest BCUT2D eigenvalue weighted by atomic mass is 9.97. The highest BCUT2D eigenvalue weighted by atomic mass is 32.2. The Bertz CT molecular complexity index is 571. The number of unbranched alkanes of at least 4 members (excludes halogenated alkanes) is 2. The summed E-state index contributed by atoms with van der Waals surface area (Å²) in [6, 6.07) is 1.33. The highest BCUT2D eigenvalue weighted by molar-refractivity contribution is 7.85. The molecule has 6 nitrogen and oxygen atoms in total. The molecule has 0 unspecified atom stereocenters. The summed E-state index contributed by atoms with van der Waals surface area (Å²) >= 11 is 0. The molecule has 7 heteroatoms. The van der Waals surface area contributed by atoms with E-state index in [4.69, 9.17) is 8.97 Å². The SMILES string of the molecule is CCCCCC(C)(C)[N+]([O-])=Cc1ccoc1S(=O)(=O)O. The number of nitrogens with zero attached hydrogens (tertiary/aromatic N) is 1. The topological polar surface area (TPSA) is 93.6 Å². The van der Waals surface area contributed by atoms with Gasteiger partial charge in [-0.2, -0.15) is 8.42 Å². The van der Waals surface area contributed by atoms with Crippen molar-refractivity contribution in [1.82, 2.24) is 0 Å². The molecule has 1 rings (SSSR count). The van der Waals surface area contributed by atoms with Crippen LogP contribution in [0, 0.1) is 5.21 Å². The molecular formula is C13H21NO5S. The van der Waals surface area contributed by atoms with Gasteiger partial charge in [-0.25, -0.2) is 4.74 Å². The van der Waals surface area contributed by atoms with Gasteiger partial charge in [0.15, 0.2) is 11.8 Å². The molecule has 1 aromatic rings. The van der Waals surface area contributed by atoms with Crippen LogP contribution in [0.5, 0.6) is 0 Å². The van der Waals surface area contributed by atoms with Crippen LogP contribution in [0.15, 0.2) is 21.8 Å². The van der Waals surface area contributed by atoms with E-state index in [0.29, 0.717) is 11.2 Å². The van der Waals surface area contributed by atoms with Gasteiger partial charge in [-0.15, -0.1) is 0 Å². The van der Waals surface area contributed by atoms with E-state index in [1.807, 2.05) is 0 Å². The molecule has 0 aliphatic rings. The van der Waals surface area contributed by atoms with Gasteiger partial charge in [-0.1, -0.05) is 19.8 Å². The summed E-state index contributed by atoms with van der Waals surface area (Å²) in [5, 5.41) is 11.5. The second-order valence-electron chi connectivity index (χ2n) is 5.36. The first kappa shape index (κ1) is 16.7. The van der Waals surface area contributed by atoms with E-state index in [0.717, 1.165) is 31.7 Å². The molecule has 0 radical (unpaired) electrons. The van der Waals surface area contributed by atoms with Crippen molar-refractivity contribution < 1.29 is 22.1 Å². The van der Waals surface area contributed by atoms with Gasteiger partial charge >= 0.3 is 10.1 Å². The zero-order chi connectivity index (χ0) is 15.4. The normalized spacial score (nSPS) is 13.7. The summed E-state index contributed by atoms with van der Waals surface area (Å²) < 4.78 is 36.6. The molecule has 1 heterocycles. The van der Waals surface area contributed by atoms with Crippen LogP contribution >= 0.6 is 0 Å². The van der Waals surface area contributed by atoms with Crippen molar-refractivity contribution in [2.75, 3.05) is 0 Å².